The van der Waals surface area contributed by atoms with Gasteiger partial charge in [0.25, 0.3) is 0 Å². The summed E-state index contributed by atoms with van der Waals surface area (Å²) in [7, 11) is -3.60. The fourth-order valence-corrected chi connectivity index (χ4v) is 1.03. The molecule has 1 unspecified atom stereocenters. The Kier molecular flexibility index (Phi) is 8.14. The summed E-state index contributed by atoms with van der Waals surface area (Å²) >= 11 is 0. The van der Waals surface area contributed by atoms with Crippen LogP contribution in [-0.2, 0) is 14.6 Å². The van der Waals surface area contributed by atoms with Crippen LogP contribution in [0.5, 0.6) is 0 Å². The summed E-state index contributed by atoms with van der Waals surface area (Å²) in [5, 5.41) is 3.29. The Morgan fingerprint density at radius 3 is 2.33 bits per heavy atom. The second kappa shape index (κ2) is 8.76. The molecule has 1 N–H and O–H groups in total. The van der Waals surface area contributed by atoms with Gasteiger partial charge in [0.1, 0.15) is 0 Å². The molecule has 18 heavy (non-hydrogen) atoms. The third-order valence-corrected chi connectivity index (χ3v) is 2.36. The monoisotopic (exact) mass is 274 g/mol. The molecule has 0 aliphatic carbocycles. The predicted octanol–water partition coefficient (Wildman–Crippen LogP) is 0.361. The Hall–Kier alpha value is -1.28. The molecule has 1 heterocycles. The first-order valence-corrected chi connectivity index (χ1v) is 6.55. The molecule has 102 valence electrons. The first-order valence-electron chi connectivity index (χ1n) is 5.22. The Labute approximate surface area is 108 Å². The highest BCUT2D eigenvalue weighted by Gasteiger charge is 2.07. The van der Waals surface area contributed by atoms with Crippen molar-refractivity contribution in [3.63, 3.8) is 0 Å². The predicted molar refractivity (Wildman–Crippen MR) is 66.3 cm³/mol. The van der Waals surface area contributed by atoms with Gasteiger partial charge in [0.05, 0.1) is 7.11 Å². The summed E-state index contributed by atoms with van der Waals surface area (Å²) in [6.07, 6.45) is 6.27. The molecular formula is C11H18N2O4S. The zero-order valence-electron chi connectivity index (χ0n) is 10.4. The third-order valence-electron chi connectivity index (χ3n) is 1.95. The smallest absolute Gasteiger partial charge is 0.217 e. The van der Waals surface area contributed by atoms with Crippen LogP contribution in [0.2, 0.25) is 0 Å². The maximum atomic E-state index is 9.22. The lowest BCUT2D eigenvalue weighted by atomic mass is 10.4. The topological polar surface area (TPSA) is 82.3 Å². The van der Waals surface area contributed by atoms with Crippen LogP contribution >= 0.6 is 0 Å². The second-order valence-electron chi connectivity index (χ2n) is 3.27. The number of hydrogen-bond donors (Lipinski definition) is 1. The molecular weight excluding hydrogens is 256 g/mol. The van der Waals surface area contributed by atoms with Crippen molar-refractivity contribution in [3.05, 3.63) is 43.2 Å². The Morgan fingerprint density at radius 2 is 1.94 bits per heavy atom. The molecule has 0 radical (unpaired) electrons. The van der Waals surface area contributed by atoms with Crippen molar-refractivity contribution in [3.8, 4) is 0 Å². The lowest BCUT2D eigenvalue weighted by molar-refractivity contribution is -0.724. The maximum Gasteiger partial charge on any atom is 0.217 e. The van der Waals surface area contributed by atoms with E-state index in [9.17, 15) is 13.0 Å². The average molecular weight is 274 g/mol. The molecule has 6 nitrogen and oxygen atoms in total. The fourth-order valence-electron chi connectivity index (χ4n) is 1.03. The van der Waals surface area contributed by atoms with Crippen LogP contribution in [0, 0.1) is 0 Å². The first-order chi connectivity index (χ1) is 8.40. The number of aromatic nitrogens is 1. The summed E-state index contributed by atoms with van der Waals surface area (Å²) in [6.45, 7) is 6.61. The molecule has 0 saturated carbocycles. The highest BCUT2D eigenvalue weighted by atomic mass is 32.3. The third kappa shape index (κ3) is 8.82. The number of nitrogens with one attached hydrogen (secondary N) is 1. The van der Waals surface area contributed by atoms with Gasteiger partial charge in [0.15, 0.2) is 12.4 Å². The highest BCUT2D eigenvalue weighted by molar-refractivity contribution is 7.80. The molecule has 0 amide bonds. The van der Waals surface area contributed by atoms with Crippen molar-refractivity contribution < 1.29 is 21.7 Å². The van der Waals surface area contributed by atoms with Gasteiger partial charge in [-0.3, -0.25) is 9.50 Å². The number of rotatable bonds is 5. The van der Waals surface area contributed by atoms with Gasteiger partial charge >= 0.3 is 0 Å². The molecule has 0 aliphatic heterocycles. The standard InChI is InChI=1S/C10H15N2.CH4O4S/c1-3-7-11-10(2)12-8-5-4-6-9-12;1-5-6(2,3)4/h3-6,8-11H,1,7H2,2H3;1H3,(H,2,3,4)/q+1;/p-1. The number of nitrogens with zero attached hydrogens (tertiary/aromatic N) is 1. The van der Waals surface area contributed by atoms with Gasteiger partial charge in [-0.2, -0.15) is 4.57 Å². The molecule has 1 atom stereocenters. The molecule has 1 aromatic rings. The Balaban J connectivity index is 0.000000411. The van der Waals surface area contributed by atoms with Crippen molar-refractivity contribution >= 4 is 10.4 Å². The maximum absolute atomic E-state index is 9.22. The lowest BCUT2D eigenvalue weighted by Crippen LogP contribution is -2.45. The van der Waals surface area contributed by atoms with E-state index in [1.54, 1.807) is 0 Å². The van der Waals surface area contributed by atoms with E-state index in [-0.39, 0.29) is 0 Å². The van der Waals surface area contributed by atoms with E-state index < -0.39 is 10.4 Å². The van der Waals surface area contributed by atoms with E-state index in [1.165, 1.54) is 0 Å². The fraction of sp³-hybridized carbons (Fsp3) is 0.364. The van der Waals surface area contributed by atoms with Gasteiger partial charge in [-0.1, -0.05) is 12.1 Å². The minimum absolute atomic E-state index is 0.323. The summed E-state index contributed by atoms with van der Waals surface area (Å²) in [5.74, 6) is 0. The minimum Gasteiger partial charge on any atom is -0.726 e. The Bertz CT molecular complexity index is 434. The van der Waals surface area contributed by atoms with Crippen LogP contribution in [0.3, 0.4) is 0 Å². The zero-order chi connectivity index (χ0) is 14.0. The van der Waals surface area contributed by atoms with Crippen molar-refractivity contribution in [2.75, 3.05) is 13.7 Å². The molecule has 0 fully saturated rings. The van der Waals surface area contributed by atoms with Crippen molar-refractivity contribution in [1.82, 2.24) is 5.32 Å². The summed E-state index contributed by atoms with van der Waals surface area (Å²) in [4.78, 5) is 0. The molecule has 7 heteroatoms. The van der Waals surface area contributed by atoms with E-state index in [2.05, 4.69) is 27.6 Å². The van der Waals surface area contributed by atoms with Crippen molar-refractivity contribution in [2.24, 2.45) is 0 Å². The second-order valence-corrected chi connectivity index (χ2v) is 4.42. The average Bonchev–Trinajstić information content (AvgIpc) is 2.37. The summed E-state index contributed by atoms with van der Waals surface area (Å²) < 4.78 is 33.1. The molecule has 1 rings (SSSR count). The van der Waals surface area contributed by atoms with Crippen LogP contribution in [0.1, 0.15) is 13.1 Å². The first kappa shape index (κ1) is 16.7. The van der Waals surface area contributed by atoms with Gasteiger partial charge in [-0.25, -0.2) is 8.42 Å². The van der Waals surface area contributed by atoms with Crippen molar-refractivity contribution in [2.45, 2.75) is 13.1 Å². The summed E-state index contributed by atoms with van der Waals surface area (Å²) in [5.41, 5.74) is 0. The van der Waals surface area contributed by atoms with E-state index in [0.717, 1.165) is 13.7 Å². The SMILES string of the molecule is C=CCNC(C)[n+]1ccccc1.COS(=O)(=O)[O-]. The van der Waals surface area contributed by atoms with Gasteiger partial charge < -0.3 is 4.55 Å². The van der Waals surface area contributed by atoms with Crippen molar-refractivity contribution in [1.29, 1.82) is 0 Å². The summed E-state index contributed by atoms with van der Waals surface area (Å²) in [6, 6.07) is 6.05. The molecule has 0 bridgehead atoms. The number of pyridine rings is 1. The van der Waals surface area contributed by atoms with Crippen LogP contribution in [0.15, 0.2) is 43.2 Å². The van der Waals surface area contributed by atoms with Gasteiger partial charge in [-0.15, -0.1) is 6.58 Å². The Morgan fingerprint density at radius 1 is 1.44 bits per heavy atom. The van der Waals surface area contributed by atoms with E-state index >= 15 is 0 Å². The van der Waals surface area contributed by atoms with Crippen LogP contribution in [0.25, 0.3) is 0 Å². The quantitative estimate of drug-likeness (QED) is 0.363. The molecule has 0 aromatic carbocycles. The van der Waals surface area contributed by atoms with Gasteiger partial charge in [-0.05, 0) is 0 Å². The van der Waals surface area contributed by atoms with E-state index in [1.807, 2.05) is 36.7 Å². The molecule has 0 spiro atoms. The van der Waals surface area contributed by atoms with E-state index in [0.29, 0.717) is 6.17 Å². The van der Waals surface area contributed by atoms with E-state index in [4.69, 9.17) is 0 Å². The van der Waals surface area contributed by atoms with Crippen LogP contribution in [-0.4, -0.2) is 26.6 Å². The van der Waals surface area contributed by atoms with Gasteiger partial charge in [0, 0.05) is 25.6 Å². The van der Waals surface area contributed by atoms with Gasteiger partial charge in [0.2, 0.25) is 16.6 Å². The molecule has 0 saturated heterocycles. The normalized spacial score (nSPS) is 12.2. The van der Waals surface area contributed by atoms with Crippen LogP contribution < -0.4 is 9.88 Å². The number of hydrogen-bond acceptors (Lipinski definition) is 5. The largest absolute Gasteiger partial charge is 0.726 e. The zero-order valence-corrected chi connectivity index (χ0v) is 11.3. The highest BCUT2D eigenvalue weighted by Crippen LogP contribution is 1.87. The minimum atomic E-state index is -4.41. The molecule has 0 aliphatic rings. The molecule has 1 aromatic heterocycles. The van der Waals surface area contributed by atoms with Crippen LogP contribution in [0.4, 0.5) is 0 Å². The lowest BCUT2D eigenvalue weighted by Gasteiger charge is -2.06.